The lowest BCUT2D eigenvalue weighted by atomic mass is 9.89. The van der Waals surface area contributed by atoms with Crippen molar-refractivity contribution in [3.63, 3.8) is 0 Å². The molecule has 0 bridgehead atoms. The molecule has 3 aromatic carbocycles. The van der Waals surface area contributed by atoms with E-state index in [0.29, 0.717) is 17.7 Å². The fourth-order valence-electron chi connectivity index (χ4n) is 3.19. The van der Waals surface area contributed by atoms with Gasteiger partial charge in [0.1, 0.15) is 0 Å². The lowest BCUT2D eigenvalue weighted by Crippen LogP contribution is -2.48. The van der Waals surface area contributed by atoms with Crippen LogP contribution < -0.4 is 5.32 Å². The molecular weight excluding hydrogens is 314 g/mol. The van der Waals surface area contributed by atoms with Crippen LogP contribution in [-0.2, 0) is 16.0 Å². The number of nitrogens with one attached hydrogen (secondary N) is 1. The summed E-state index contributed by atoms with van der Waals surface area (Å²) in [5.41, 5.74) is 0.810. The first-order valence-electron chi connectivity index (χ1n) is 8.17. The Morgan fingerprint density at radius 3 is 2.56 bits per heavy atom. The Bertz CT molecular complexity index is 995. The largest absolute Gasteiger partial charge is 0.445 e. The number of esters is 1. The maximum absolute atomic E-state index is 12.8. The SMILES string of the molecule is C[C@@]1(C(=O)Nc2ccc3ccccc3c2)Cc2ccccc2C(=O)O1. The highest BCUT2D eigenvalue weighted by Gasteiger charge is 2.42. The predicted molar refractivity (Wildman–Crippen MR) is 96.5 cm³/mol. The van der Waals surface area contributed by atoms with Gasteiger partial charge in [-0.15, -0.1) is 0 Å². The van der Waals surface area contributed by atoms with Crippen molar-refractivity contribution in [2.75, 3.05) is 5.32 Å². The first-order valence-corrected chi connectivity index (χ1v) is 8.17. The summed E-state index contributed by atoms with van der Waals surface area (Å²) in [6.07, 6.45) is 0.355. The zero-order valence-electron chi connectivity index (χ0n) is 13.8. The molecule has 1 aliphatic rings. The number of amides is 1. The van der Waals surface area contributed by atoms with Gasteiger partial charge in [-0.05, 0) is 41.5 Å². The van der Waals surface area contributed by atoms with Crippen molar-refractivity contribution in [1.29, 1.82) is 0 Å². The summed E-state index contributed by atoms with van der Waals surface area (Å²) in [5.74, 6) is -0.788. The molecule has 124 valence electrons. The van der Waals surface area contributed by atoms with E-state index >= 15 is 0 Å². The van der Waals surface area contributed by atoms with Crippen LogP contribution in [0.2, 0.25) is 0 Å². The van der Waals surface area contributed by atoms with E-state index < -0.39 is 11.6 Å². The quantitative estimate of drug-likeness (QED) is 0.723. The molecule has 1 atom stereocenters. The number of hydrogen-bond acceptors (Lipinski definition) is 3. The number of rotatable bonds is 2. The highest BCUT2D eigenvalue weighted by Crippen LogP contribution is 2.29. The van der Waals surface area contributed by atoms with Crippen LogP contribution in [0.25, 0.3) is 10.8 Å². The molecule has 4 heteroatoms. The van der Waals surface area contributed by atoms with Gasteiger partial charge in [0.2, 0.25) is 0 Å². The van der Waals surface area contributed by atoms with E-state index in [9.17, 15) is 9.59 Å². The highest BCUT2D eigenvalue weighted by molar-refractivity contribution is 6.03. The number of carbonyl (C=O) groups excluding carboxylic acids is 2. The Labute approximate surface area is 145 Å². The maximum atomic E-state index is 12.8. The zero-order valence-corrected chi connectivity index (χ0v) is 13.8. The van der Waals surface area contributed by atoms with Crippen molar-refractivity contribution in [3.05, 3.63) is 77.9 Å². The molecule has 0 spiro atoms. The van der Waals surface area contributed by atoms with Crippen molar-refractivity contribution in [3.8, 4) is 0 Å². The number of anilines is 1. The second-order valence-corrected chi connectivity index (χ2v) is 6.47. The Balaban J connectivity index is 1.61. The minimum absolute atomic E-state index is 0.328. The van der Waals surface area contributed by atoms with Crippen molar-refractivity contribution in [2.24, 2.45) is 0 Å². The summed E-state index contributed by atoms with van der Waals surface area (Å²) >= 11 is 0. The van der Waals surface area contributed by atoms with Gasteiger partial charge in [-0.25, -0.2) is 4.79 Å². The molecule has 1 N–H and O–H groups in total. The van der Waals surface area contributed by atoms with Crippen LogP contribution in [0, 0.1) is 0 Å². The molecule has 3 aromatic rings. The number of fused-ring (bicyclic) bond motifs is 2. The third kappa shape index (κ3) is 2.76. The second-order valence-electron chi connectivity index (χ2n) is 6.47. The summed E-state index contributed by atoms with van der Waals surface area (Å²) in [7, 11) is 0. The lowest BCUT2D eigenvalue weighted by Gasteiger charge is -2.33. The Kier molecular flexibility index (Phi) is 3.53. The molecule has 25 heavy (non-hydrogen) atoms. The van der Waals surface area contributed by atoms with E-state index in [2.05, 4.69) is 5.32 Å². The summed E-state index contributed by atoms with van der Waals surface area (Å²) < 4.78 is 5.47. The fraction of sp³-hybridized carbons (Fsp3) is 0.143. The molecule has 0 saturated carbocycles. The molecule has 0 aliphatic carbocycles. The molecule has 1 heterocycles. The number of hydrogen-bond donors (Lipinski definition) is 1. The van der Waals surface area contributed by atoms with Crippen molar-refractivity contribution in [1.82, 2.24) is 0 Å². The molecule has 4 nitrogen and oxygen atoms in total. The highest BCUT2D eigenvalue weighted by atomic mass is 16.6. The van der Waals surface area contributed by atoms with Crippen LogP contribution in [0.4, 0.5) is 5.69 Å². The minimum atomic E-state index is -1.23. The number of carbonyl (C=O) groups is 2. The molecule has 1 amide bonds. The van der Waals surface area contributed by atoms with Crippen LogP contribution in [-0.4, -0.2) is 17.5 Å². The van der Waals surface area contributed by atoms with Crippen LogP contribution in [0.5, 0.6) is 0 Å². The predicted octanol–water partition coefficient (Wildman–Crippen LogP) is 3.95. The number of ether oxygens (including phenoxy) is 1. The first kappa shape index (κ1) is 15.4. The smallest absolute Gasteiger partial charge is 0.339 e. The monoisotopic (exact) mass is 331 g/mol. The van der Waals surface area contributed by atoms with Gasteiger partial charge in [-0.3, -0.25) is 4.79 Å². The van der Waals surface area contributed by atoms with E-state index in [1.807, 2.05) is 54.6 Å². The molecule has 0 fully saturated rings. The van der Waals surface area contributed by atoms with E-state index in [4.69, 9.17) is 4.74 Å². The molecule has 4 rings (SSSR count). The average Bonchev–Trinajstić information content (AvgIpc) is 2.61. The van der Waals surface area contributed by atoms with Crippen molar-refractivity contribution < 1.29 is 14.3 Å². The lowest BCUT2D eigenvalue weighted by molar-refractivity contribution is -0.134. The third-order valence-corrected chi connectivity index (χ3v) is 4.57. The third-order valence-electron chi connectivity index (χ3n) is 4.57. The normalized spacial score (nSPS) is 19.2. The summed E-state index contributed by atoms with van der Waals surface area (Å²) in [6, 6.07) is 20.9. The van der Waals surface area contributed by atoms with Gasteiger partial charge in [0, 0.05) is 12.1 Å². The number of cyclic esters (lactones) is 1. The first-order chi connectivity index (χ1) is 12.0. The molecule has 0 unspecified atom stereocenters. The van der Waals surface area contributed by atoms with Crippen LogP contribution >= 0.6 is 0 Å². The Morgan fingerprint density at radius 2 is 1.72 bits per heavy atom. The van der Waals surface area contributed by atoms with Gasteiger partial charge in [0.15, 0.2) is 5.60 Å². The van der Waals surface area contributed by atoms with Crippen LogP contribution in [0.1, 0.15) is 22.8 Å². The van der Waals surface area contributed by atoms with E-state index in [-0.39, 0.29) is 5.91 Å². The topological polar surface area (TPSA) is 55.4 Å². The van der Waals surface area contributed by atoms with Gasteiger partial charge in [0.25, 0.3) is 5.91 Å². The van der Waals surface area contributed by atoms with E-state index in [0.717, 1.165) is 16.3 Å². The number of benzene rings is 3. The van der Waals surface area contributed by atoms with Gasteiger partial charge in [-0.1, -0.05) is 48.5 Å². The molecular formula is C21H17NO3. The standard InChI is InChI=1S/C21H17NO3/c1-21(13-16-8-4-5-9-18(16)19(23)25-21)20(24)22-17-11-10-14-6-2-3-7-15(14)12-17/h2-12H,13H2,1H3,(H,22,24)/t21-/m0/s1. The summed E-state index contributed by atoms with van der Waals surface area (Å²) in [4.78, 5) is 25.0. The zero-order chi connectivity index (χ0) is 17.4. The van der Waals surface area contributed by atoms with Gasteiger partial charge in [-0.2, -0.15) is 0 Å². The van der Waals surface area contributed by atoms with Gasteiger partial charge >= 0.3 is 5.97 Å². The van der Waals surface area contributed by atoms with Gasteiger partial charge < -0.3 is 10.1 Å². The van der Waals surface area contributed by atoms with E-state index in [1.165, 1.54) is 0 Å². The van der Waals surface area contributed by atoms with Crippen molar-refractivity contribution in [2.45, 2.75) is 18.9 Å². The summed E-state index contributed by atoms with van der Waals surface area (Å²) in [6.45, 7) is 1.65. The van der Waals surface area contributed by atoms with Crippen molar-refractivity contribution >= 4 is 28.3 Å². The average molecular weight is 331 g/mol. The van der Waals surface area contributed by atoms with Gasteiger partial charge in [0.05, 0.1) is 5.56 Å². The van der Waals surface area contributed by atoms with E-state index in [1.54, 1.807) is 19.1 Å². The minimum Gasteiger partial charge on any atom is -0.445 e. The molecule has 0 aromatic heterocycles. The fourth-order valence-corrected chi connectivity index (χ4v) is 3.19. The van der Waals surface area contributed by atoms with Crippen LogP contribution in [0.15, 0.2) is 66.7 Å². The molecule has 0 saturated heterocycles. The molecule has 1 aliphatic heterocycles. The summed E-state index contributed by atoms with van der Waals surface area (Å²) in [5, 5.41) is 5.02. The van der Waals surface area contributed by atoms with Crippen LogP contribution in [0.3, 0.4) is 0 Å². The Hall–Kier alpha value is -3.14. The Morgan fingerprint density at radius 1 is 1.00 bits per heavy atom. The second kappa shape index (κ2) is 5.74. The molecule has 0 radical (unpaired) electrons. The maximum Gasteiger partial charge on any atom is 0.339 e.